The van der Waals surface area contributed by atoms with Gasteiger partial charge in [0.2, 0.25) is 5.75 Å². The molecule has 1 heterocycles. The minimum Gasteiger partial charge on any atom is -0.493 e. The number of hydrogen-bond acceptors (Lipinski definition) is 6. The molecule has 0 aliphatic rings. The average molecular weight is 396 g/mol. The number of amides is 1. The van der Waals surface area contributed by atoms with E-state index in [9.17, 15) is 4.79 Å². The maximum Gasteiger partial charge on any atom is 0.257 e. The molecule has 0 fully saturated rings. The molecule has 0 saturated heterocycles. The summed E-state index contributed by atoms with van der Waals surface area (Å²) >= 11 is 0. The third kappa shape index (κ3) is 4.03. The van der Waals surface area contributed by atoms with E-state index in [0.29, 0.717) is 39.8 Å². The van der Waals surface area contributed by atoms with E-state index in [4.69, 9.17) is 18.7 Å². The second kappa shape index (κ2) is 8.68. The predicted octanol–water partition coefficient (Wildman–Crippen LogP) is 4.17. The average Bonchev–Trinajstić information content (AvgIpc) is 3.14. The first-order valence-electron chi connectivity index (χ1n) is 9.12. The van der Waals surface area contributed by atoms with Crippen LogP contribution in [0.5, 0.6) is 17.2 Å². The fourth-order valence-corrected chi connectivity index (χ4v) is 3.14. The highest BCUT2D eigenvalue weighted by molar-refractivity contribution is 6.01. The van der Waals surface area contributed by atoms with Crippen LogP contribution in [0.2, 0.25) is 0 Å². The van der Waals surface area contributed by atoms with Gasteiger partial charge in [-0.2, -0.15) is 0 Å². The number of nitrogens with one attached hydrogen (secondary N) is 1. The number of carbonyl (C=O) groups is 1. The molecular formula is C22H24N2O5. The molecule has 0 bridgehead atoms. The molecule has 1 N–H and O–H groups in total. The lowest BCUT2D eigenvalue weighted by Crippen LogP contribution is -2.27. The number of aromatic nitrogens is 1. The van der Waals surface area contributed by atoms with Crippen LogP contribution in [0.1, 0.15) is 34.6 Å². The topological polar surface area (TPSA) is 82.8 Å². The van der Waals surface area contributed by atoms with E-state index < -0.39 is 0 Å². The van der Waals surface area contributed by atoms with Gasteiger partial charge in [0.05, 0.1) is 33.1 Å². The highest BCUT2D eigenvalue weighted by atomic mass is 16.5. The van der Waals surface area contributed by atoms with Crippen molar-refractivity contribution < 1.29 is 23.5 Å². The molecule has 0 spiro atoms. The summed E-state index contributed by atoms with van der Waals surface area (Å²) < 4.78 is 21.7. The van der Waals surface area contributed by atoms with Gasteiger partial charge in [-0.05, 0) is 31.5 Å². The zero-order chi connectivity index (χ0) is 21.0. The van der Waals surface area contributed by atoms with Crippen LogP contribution >= 0.6 is 0 Å². The number of benzene rings is 2. The summed E-state index contributed by atoms with van der Waals surface area (Å²) in [5, 5.41) is 7.00. The second-order valence-electron chi connectivity index (χ2n) is 6.49. The molecule has 0 aliphatic heterocycles. The van der Waals surface area contributed by atoms with Crippen molar-refractivity contribution in [1.82, 2.24) is 10.5 Å². The highest BCUT2D eigenvalue weighted by Crippen LogP contribution is 2.42. The number of rotatable bonds is 7. The molecule has 29 heavy (non-hydrogen) atoms. The van der Waals surface area contributed by atoms with E-state index in [0.717, 1.165) is 5.56 Å². The summed E-state index contributed by atoms with van der Waals surface area (Å²) in [5.74, 6) is 1.43. The Labute approximate surface area is 169 Å². The molecule has 0 saturated carbocycles. The lowest BCUT2D eigenvalue weighted by atomic mass is 10.0. The van der Waals surface area contributed by atoms with Crippen molar-refractivity contribution in [3.8, 4) is 28.6 Å². The Bertz CT molecular complexity index is 973. The van der Waals surface area contributed by atoms with Gasteiger partial charge in [-0.1, -0.05) is 35.5 Å². The van der Waals surface area contributed by atoms with Gasteiger partial charge in [0, 0.05) is 5.56 Å². The first-order valence-corrected chi connectivity index (χ1v) is 9.12. The molecule has 1 aromatic heterocycles. The molecule has 2 aromatic carbocycles. The van der Waals surface area contributed by atoms with Gasteiger partial charge in [-0.15, -0.1) is 0 Å². The van der Waals surface area contributed by atoms with Crippen molar-refractivity contribution in [2.45, 2.75) is 19.9 Å². The quantitative estimate of drug-likeness (QED) is 0.645. The summed E-state index contributed by atoms with van der Waals surface area (Å²) in [4.78, 5) is 13.0. The maximum atomic E-state index is 13.0. The van der Waals surface area contributed by atoms with Crippen LogP contribution in [0.15, 0.2) is 47.0 Å². The van der Waals surface area contributed by atoms with Gasteiger partial charge in [0.1, 0.15) is 5.56 Å². The summed E-state index contributed by atoms with van der Waals surface area (Å²) in [6.07, 6.45) is 0. The molecule has 7 heteroatoms. The number of aryl methyl sites for hydroxylation is 1. The van der Waals surface area contributed by atoms with Crippen LogP contribution < -0.4 is 19.5 Å². The van der Waals surface area contributed by atoms with Crippen molar-refractivity contribution >= 4 is 5.91 Å². The molecule has 1 atom stereocenters. The summed E-state index contributed by atoms with van der Waals surface area (Å²) in [6.45, 7) is 3.66. The molecule has 152 valence electrons. The van der Waals surface area contributed by atoms with Crippen molar-refractivity contribution in [1.29, 1.82) is 0 Å². The minimum absolute atomic E-state index is 0.175. The molecule has 1 amide bonds. The normalized spacial score (nSPS) is 11.6. The van der Waals surface area contributed by atoms with Gasteiger partial charge in [-0.25, -0.2) is 0 Å². The van der Waals surface area contributed by atoms with Crippen LogP contribution in [-0.4, -0.2) is 32.4 Å². The Morgan fingerprint density at radius 2 is 1.66 bits per heavy atom. The van der Waals surface area contributed by atoms with E-state index in [1.807, 2.05) is 37.3 Å². The highest BCUT2D eigenvalue weighted by Gasteiger charge is 2.25. The Hall–Kier alpha value is -3.48. The SMILES string of the molecule is COc1cc(-c2onc(C)c2C(=O)N[C@H](C)c2ccccc2)cc(OC)c1OC. The first kappa shape index (κ1) is 20.3. The van der Waals surface area contributed by atoms with E-state index in [1.165, 1.54) is 21.3 Å². The van der Waals surface area contributed by atoms with Gasteiger partial charge in [-0.3, -0.25) is 4.79 Å². The Kier molecular flexibility index (Phi) is 6.07. The lowest BCUT2D eigenvalue weighted by molar-refractivity contribution is 0.0939. The molecule has 0 unspecified atom stereocenters. The molecule has 0 radical (unpaired) electrons. The van der Waals surface area contributed by atoms with Gasteiger partial charge in [0.25, 0.3) is 5.91 Å². The molecule has 3 rings (SSSR count). The smallest absolute Gasteiger partial charge is 0.257 e. The summed E-state index contributed by atoms with van der Waals surface area (Å²) in [6, 6.07) is 13.0. The van der Waals surface area contributed by atoms with Gasteiger partial charge < -0.3 is 24.1 Å². The summed E-state index contributed by atoms with van der Waals surface area (Å²) in [7, 11) is 4.59. The van der Waals surface area contributed by atoms with Crippen molar-refractivity contribution in [2.75, 3.05) is 21.3 Å². The molecule has 3 aromatic rings. The van der Waals surface area contributed by atoms with Crippen LogP contribution in [0.25, 0.3) is 11.3 Å². The Morgan fingerprint density at radius 1 is 1.03 bits per heavy atom. The number of carbonyl (C=O) groups excluding carboxylic acids is 1. The third-order valence-corrected chi connectivity index (χ3v) is 4.66. The Morgan fingerprint density at radius 3 is 2.21 bits per heavy atom. The largest absolute Gasteiger partial charge is 0.493 e. The first-order chi connectivity index (χ1) is 14.0. The van der Waals surface area contributed by atoms with Crippen LogP contribution in [0, 0.1) is 6.92 Å². The summed E-state index contributed by atoms with van der Waals surface area (Å²) in [5.41, 5.74) is 2.45. The fourth-order valence-electron chi connectivity index (χ4n) is 3.14. The van der Waals surface area contributed by atoms with E-state index >= 15 is 0 Å². The standard InChI is InChI=1S/C22H24N2O5/c1-13(15-9-7-6-8-10-15)23-22(25)19-14(2)24-29-20(19)16-11-17(26-3)21(28-5)18(12-16)27-4/h6-13H,1-5H3,(H,23,25)/t13-/m1/s1. The van der Waals surface area contributed by atoms with Crippen LogP contribution in [-0.2, 0) is 0 Å². The predicted molar refractivity (Wildman–Crippen MR) is 109 cm³/mol. The zero-order valence-electron chi connectivity index (χ0n) is 17.1. The number of methoxy groups -OCH3 is 3. The number of ether oxygens (including phenoxy) is 3. The second-order valence-corrected chi connectivity index (χ2v) is 6.49. The Balaban J connectivity index is 1.99. The third-order valence-electron chi connectivity index (χ3n) is 4.66. The number of hydrogen-bond donors (Lipinski definition) is 1. The van der Waals surface area contributed by atoms with Crippen molar-refractivity contribution in [3.63, 3.8) is 0 Å². The van der Waals surface area contributed by atoms with E-state index in [-0.39, 0.29) is 11.9 Å². The van der Waals surface area contributed by atoms with E-state index in [2.05, 4.69) is 10.5 Å². The molecule has 7 nitrogen and oxygen atoms in total. The van der Waals surface area contributed by atoms with E-state index in [1.54, 1.807) is 19.1 Å². The zero-order valence-corrected chi connectivity index (χ0v) is 17.1. The minimum atomic E-state index is -0.274. The van der Waals surface area contributed by atoms with Crippen LogP contribution in [0.4, 0.5) is 0 Å². The van der Waals surface area contributed by atoms with Gasteiger partial charge in [0.15, 0.2) is 17.3 Å². The maximum absolute atomic E-state index is 13.0. The lowest BCUT2D eigenvalue weighted by Gasteiger charge is -2.15. The monoisotopic (exact) mass is 396 g/mol. The molecule has 0 aliphatic carbocycles. The van der Waals surface area contributed by atoms with Crippen molar-refractivity contribution in [2.24, 2.45) is 0 Å². The number of nitrogens with zero attached hydrogens (tertiary/aromatic N) is 1. The fraction of sp³-hybridized carbons (Fsp3) is 0.273. The van der Waals surface area contributed by atoms with Crippen LogP contribution in [0.3, 0.4) is 0 Å². The van der Waals surface area contributed by atoms with Crippen molar-refractivity contribution in [3.05, 3.63) is 59.3 Å². The van der Waals surface area contributed by atoms with Gasteiger partial charge >= 0.3 is 0 Å². The molecular weight excluding hydrogens is 372 g/mol.